The Kier molecular flexibility index (Phi) is 3.72. The minimum atomic E-state index is -0.109. The Hall–Kier alpha value is -1.67. The van der Waals surface area contributed by atoms with Crippen molar-refractivity contribution < 1.29 is 0 Å². The second-order valence-corrected chi connectivity index (χ2v) is 6.08. The number of benzene rings is 1. The molecule has 2 N–H and O–H groups in total. The summed E-state index contributed by atoms with van der Waals surface area (Å²) in [5.74, 6) is 0. The molecule has 1 heterocycles. The van der Waals surface area contributed by atoms with Gasteiger partial charge in [0.1, 0.15) is 0 Å². The van der Waals surface area contributed by atoms with Crippen molar-refractivity contribution in [3.8, 4) is 0 Å². The van der Waals surface area contributed by atoms with Crippen molar-refractivity contribution in [2.45, 2.75) is 39.2 Å². The van der Waals surface area contributed by atoms with Crippen LogP contribution in [0.25, 0.3) is 0 Å². The van der Waals surface area contributed by atoms with Gasteiger partial charge in [0.25, 0.3) is 0 Å². The summed E-state index contributed by atoms with van der Waals surface area (Å²) in [5, 5.41) is 0. The zero-order chi connectivity index (χ0) is 14.0. The summed E-state index contributed by atoms with van der Waals surface area (Å²) in [6.45, 7) is 8.72. The first-order chi connectivity index (χ1) is 8.89. The van der Waals surface area contributed by atoms with Crippen LogP contribution < -0.4 is 5.73 Å². The van der Waals surface area contributed by atoms with Gasteiger partial charge in [-0.05, 0) is 40.7 Å². The third-order valence-corrected chi connectivity index (χ3v) is 3.55. The van der Waals surface area contributed by atoms with E-state index in [-0.39, 0.29) is 11.5 Å². The van der Waals surface area contributed by atoms with Gasteiger partial charge in [0, 0.05) is 12.4 Å². The van der Waals surface area contributed by atoms with E-state index in [0.29, 0.717) is 0 Å². The topological polar surface area (TPSA) is 38.9 Å². The Morgan fingerprint density at radius 3 is 2.21 bits per heavy atom. The average Bonchev–Trinajstić information content (AvgIpc) is 2.38. The number of hydrogen-bond acceptors (Lipinski definition) is 2. The molecule has 1 aromatic carbocycles. The summed E-state index contributed by atoms with van der Waals surface area (Å²) in [6, 6.07) is 10.5. The van der Waals surface area contributed by atoms with Crippen LogP contribution in [-0.4, -0.2) is 4.98 Å². The van der Waals surface area contributed by atoms with Crippen molar-refractivity contribution in [1.82, 2.24) is 4.98 Å². The average molecular weight is 254 g/mol. The molecule has 0 aliphatic carbocycles. The summed E-state index contributed by atoms with van der Waals surface area (Å²) in [7, 11) is 0. The van der Waals surface area contributed by atoms with Crippen LogP contribution in [0.2, 0.25) is 0 Å². The Balaban J connectivity index is 2.31. The first-order valence-corrected chi connectivity index (χ1v) is 6.66. The molecule has 1 unspecified atom stereocenters. The number of nitrogens with zero attached hydrogens (tertiary/aromatic N) is 1. The predicted molar refractivity (Wildman–Crippen MR) is 80.1 cm³/mol. The fourth-order valence-electron chi connectivity index (χ4n) is 2.17. The van der Waals surface area contributed by atoms with Crippen LogP contribution in [0.1, 0.15) is 49.1 Å². The highest BCUT2D eigenvalue weighted by molar-refractivity contribution is 5.36. The maximum atomic E-state index is 6.34. The van der Waals surface area contributed by atoms with Gasteiger partial charge in [-0.3, -0.25) is 4.98 Å². The van der Waals surface area contributed by atoms with E-state index in [1.807, 2.05) is 12.3 Å². The van der Waals surface area contributed by atoms with Crippen LogP contribution in [-0.2, 0) is 5.41 Å². The van der Waals surface area contributed by atoms with Gasteiger partial charge >= 0.3 is 0 Å². The minimum absolute atomic E-state index is 0.109. The molecular weight excluding hydrogens is 232 g/mol. The summed E-state index contributed by atoms with van der Waals surface area (Å²) >= 11 is 0. The van der Waals surface area contributed by atoms with E-state index in [1.54, 1.807) is 6.20 Å². The zero-order valence-electron chi connectivity index (χ0n) is 12.1. The number of rotatable bonds is 2. The summed E-state index contributed by atoms with van der Waals surface area (Å²) < 4.78 is 0. The Bertz CT molecular complexity index is 550. The molecule has 0 radical (unpaired) electrons. The molecule has 2 rings (SSSR count). The third-order valence-electron chi connectivity index (χ3n) is 3.55. The van der Waals surface area contributed by atoms with Gasteiger partial charge in [0.2, 0.25) is 0 Å². The van der Waals surface area contributed by atoms with E-state index in [4.69, 9.17) is 5.73 Å². The van der Waals surface area contributed by atoms with Crippen LogP contribution in [0.5, 0.6) is 0 Å². The lowest BCUT2D eigenvalue weighted by molar-refractivity contribution is 0.589. The molecule has 0 spiro atoms. The van der Waals surface area contributed by atoms with Crippen LogP contribution in [0.15, 0.2) is 42.7 Å². The van der Waals surface area contributed by atoms with E-state index < -0.39 is 0 Å². The first kappa shape index (κ1) is 13.8. The highest BCUT2D eigenvalue weighted by Crippen LogP contribution is 2.26. The van der Waals surface area contributed by atoms with E-state index in [2.05, 4.69) is 56.9 Å². The number of pyridine rings is 1. The lowest BCUT2D eigenvalue weighted by atomic mass is 9.86. The highest BCUT2D eigenvalue weighted by atomic mass is 14.7. The number of nitrogens with two attached hydrogens (primary N) is 1. The predicted octanol–water partition coefficient (Wildman–Crippen LogP) is 3.74. The van der Waals surface area contributed by atoms with Crippen LogP contribution in [0.3, 0.4) is 0 Å². The highest BCUT2D eigenvalue weighted by Gasteiger charge is 2.15. The zero-order valence-corrected chi connectivity index (χ0v) is 12.1. The summed E-state index contributed by atoms with van der Waals surface area (Å²) in [5.41, 5.74) is 11.2. The van der Waals surface area contributed by atoms with Gasteiger partial charge in [-0.1, -0.05) is 45.0 Å². The summed E-state index contributed by atoms with van der Waals surface area (Å²) in [6.07, 6.45) is 3.66. The van der Waals surface area contributed by atoms with Gasteiger partial charge < -0.3 is 5.73 Å². The van der Waals surface area contributed by atoms with Crippen molar-refractivity contribution in [2.75, 3.05) is 0 Å². The molecule has 19 heavy (non-hydrogen) atoms. The molecule has 0 aliphatic heterocycles. The van der Waals surface area contributed by atoms with Gasteiger partial charge in [-0.15, -0.1) is 0 Å². The molecule has 0 amide bonds. The van der Waals surface area contributed by atoms with E-state index in [1.165, 1.54) is 11.1 Å². The lowest BCUT2D eigenvalue weighted by Crippen LogP contribution is -2.15. The third kappa shape index (κ3) is 3.02. The Labute approximate surface area is 115 Å². The molecule has 1 aromatic heterocycles. The van der Waals surface area contributed by atoms with Gasteiger partial charge in [0.15, 0.2) is 0 Å². The fourth-order valence-corrected chi connectivity index (χ4v) is 2.17. The van der Waals surface area contributed by atoms with Gasteiger partial charge in [-0.25, -0.2) is 0 Å². The van der Waals surface area contributed by atoms with Crippen molar-refractivity contribution in [3.05, 3.63) is 65.0 Å². The van der Waals surface area contributed by atoms with Gasteiger partial charge in [0.05, 0.1) is 6.04 Å². The van der Waals surface area contributed by atoms with Gasteiger partial charge in [-0.2, -0.15) is 0 Å². The van der Waals surface area contributed by atoms with E-state index in [9.17, 15) is 0 Å². The van der Waals surface area contributed by atoms with Crippen LogP contribution in [0, 0.1) is 6.92 Å². The molecule has 1 atom stereocenters. The number of aryl methyl sites for hydroxylation is 1. The molecule has 2 heteroatoms. The maximum absolute atomic E-state index is 6.34. The molecule has 0 fully saturated rings. The van der Waals surface area contributed by atoms with Crippen molar-refractivity contribution in [3.63, 3.8) is 0 Å². The van der Waals surface area contributed by atoms with E-state index in [0.717, 1.165) is 11.1 Å². The number of hydrogen-bond donors (Lipinski definition) is 1. The molecule has 0 aliphatic rings. The Morgan fingerprint density at radius 2 is 1.68 bits per heavy atom. The maximum Gasteiger partial charge on any atom is 0.0569 e. The largest absolute Gasteiger partial charge is 0.320 e. The number of aromatic nitrogens is 1. The lowest BCUT2D eigenvalue weighted by Gasteiger charge is -2.20. The van der Waals surface area contributed by atoms with Crippen LogP contribution >= 0.6 is 0 Å². The molecule has 0 bridgehead atoms. The molecule has 0 saturated carbocycles. The summed E-state index contributed by atoms with van der Waals surface area (Å²) in [4.78, 5) is 4.17. The second-order valence-electron chi connectivity index (χ2n) is 6.08. The fraction of sp³-hybridized carbons (Fsp3) is 0.353. The molecular formula is C17H22N2. The van der Waals surface area contributed by atoms with Crippen molar-refractivity contribution in [2.24, 2.45) is 5.73 Å². The molecule has 100 valence electrons. The standard InChI is InChI=1S/C17H22N2/c1-12-9-10-19-11-15(12)16(18)13-5-7-14(8-6-13)17(2,3)4/h5-11,16H,18H2,1-4H3. The minimum Gasteiger partial charge on any atom is -0.320 e. The second kappa shape index (κ2) is 5.14. The normalized spacial score (nSPS) is 13.3. The Morgan fingerprint density at radius 1 is 1.05 bits per heavy atom. The molecule has 2 nitrogen and oxygen atoms in total. The quantitative estimate of drug-likeness (QED) is 0.886. The van der Waals surface area contributed by atoms with Crippen molar-refractivity contribution in [1.29, 1.82) is 0 Å². The monoisotopic (exact) mass is 254 g/mol. The smallest absolute Gasteiger partial charge is 0.0569 e. The van der Waals surface area contributed by atoms with Crippen molar-refractivity contribution >= 4 is 0 Å². The van der Waals surface area contributed by atoms with E-state index >= 15 is 0 Å². The molecule has 0 saturated heterocycles. The SMILES string of the molecule is Cc1ccncc1C(N)c1ccc(C(C)(C)C)cc1. The first-order valence-electron chi connectivity index (χ1n) is 6.66. The molecule has 2 aromatic rings. The van der Waals surface area contributed by atoms with Crippen LogP contribution in [0.4, 0.5) is 0 Å².